The molecule has 0 aliphatic rings. The Morgan fingerprint density at radius 1 is 1.24 bits per heavy atom. The van der Waals surface area contributed by atoms with Crippen LogP contribution in [0, 0.1) is 10.1 Å². The monoisotopic (exact) mass is 261 g/mol. The van der Waals surface area contributed by atoms with Gasteiger partial charge in [-0.05, 0) is 6.07 Å². The molecule has 7 heteroatoms. The Labute approximate surface area is 103 Å². The molecule has 0 spiro atoms. The predicted octanol–water partition coefficient (Wildman–Crippen LogP) is 2.36. The summed E-state index contributed by atoms with van der Waals surface area (Å²) >= 11 is 5.67. The van der Waals surface area contributed by atoms with Gasteiger partial charge in [-0.1, -0.05) is 0 Å². The zero-order chi connectivity index (χ0) is 13.0. The van der Waals surface area contributed by atoms with Gasteiger partial charge in [-0.3, -0.25) is 10.1 Å². The quantitative estimate of drug-likeness (QED) is 0.462. The number of ether oxygens (including phenoxy) is 3. The second-order valence-corrected chi connectivity index (χ2v) is 3.31. The molecule has 0 amide bonds. The Morgan fingerprint density at radius 2 is 1.82 bits per heavy atom. The van der Waals surface area contributed by atoms with Crippen molar-refractivity contribution in [1.29, 1.82) is 0 Å². The second kappa shape index (κ2) is 5.58. The normalized spacial score (nSPS) is 9.88. The van der Waals surface area contributed by atoms with Crippen molar-refractivity contribution in [1.82, 2.24) is 0 Å². The second-order valence-electron chi connectivity index (χ2n) is 3.04. The van der Waals surface area contributed by atoms with Crippen LogP contribution in [0.5, 0.6) is 17.2 Å². The highest BCUT2D eigenvalue weighted by Crippen LogP contribution is 2.46. The molecule has 1 rings (SSSR count). The Bertz CT molecular complexity index is 435. The van der Waals surface area contributed by atoms with Gasteiger partial charge in [-0.25, -0.2) is 0 Å². The van der Waals surface area contributed by atoms with Crippen LogP contribution in [0.3, 0.4) is 0 Å². The van der Waals surface area contributed by atoms with Gasteiger partial charge in [-0.2, -0.15) is 0 Å². The maximum atomic E-state index is 11.0. The number of alkyl halides is 1. The van der Waals surface area contributed by atoms with E-state index in [9.17, 15) is 10.1 Å². The largest absolute Gasteiger partial charge is 0.493 e. The van der Waals surface area contributed by atoms with Crippen LogP contribution in [0.2, 0.25) is 0 Å². The minimum absolute atomic E-state index is 0.00694. The molecule has 0 heterocycles. The van der Waals surface area contributed by atoms with Crippen molar-refractivity contribution in [3.63, 3.8) is 0 Å². The van der Waals surface area contributed by atoms with Crippen LogP contribution < -0.4 is 14.2 Å². The van der Waals surface area contributed by atoms with Crippen LogP contribution in [0.4, 0.5) is 5.69 Å². The third-order valence-electron chi connectivity index (χ3n) is 2.21. The van der Waals surface area contributed by atoms with Crippen LogP contribution in [-0.4, -0.2) is 26.3 Å². The van der Waals surface area contributed by atoms with E-state index < -0.39 is 4.92 Å². The Balaban J connectivity index is 3.61. The molecule has 0 aromatic heterocycles. The molecule has 6 nitrogen and oxygen atoms in total. The fourth-order valence-corrected chi connectivity index (χ4v) is 1.70. The maximum absolute atomic E-state index is 11.0. The first kappa shape index (κ1) is 13.4. The van der Waals surface area contributed by atoms with Crippen LogP contribution in [0.1, 0.15) is 5.56 Å². The molecule has 1 aromatic rings. The minimum Gasteiger partial charge on any atom is -0.493 e. The Morgan fingerprint density at radius 3 is 2.18 bits per heavy atom. The van der Waals surface area contributed by atoms with E-state index in [1.165, 1.54) is 27.4 Å². The fourth-order valence-electron chi connectivity index (χ4n) is 1.49. The molecule has 94 valence electrons. The van der Waals surface area contributed by atoms with Crippen LogP contribution in [0.25, 0.3) is 0 Å². The highest BCUT2D eigenvalue weighted by molar-refractivity contribution is 6.17. The van der Waals surface area contributed by atoms with E-state index in [-0.39, 0.29) is 23.1 Å². The van der Waals surface area contributed by atoms with Gasteiger partial charge in [0.15, 0.2) is 5.75 Å². The standard InChI is InChI=1S/C10H12ClNO5/c1-15-7-4-6(5-11)8(12(13)14)10(17-3)9(7)16-2/h4H,5H2,1-3H3. The molecule has 0 fully saturated rings. The van der Waals surface area contributed by atoms with Gasteiger partial charge in [-0.15, -0.1) is 11.6 Å². The first-order chi connectivity index (χ1) is 8.10. The summed E-state index contributed by atoms with van der Waals surface area (Å²) < 4.78 is 15.1. The first-order valence-electron chi connectivity index (χ1n) is 4.62. The summed E-state index contributed by atoms with van der Waals surface area (Å²) in [6, 6.07) is 1.46. The van der Waals surface area contributed by atoms with Gasteiger partial charge >= 0.3 is 5.69 Å². The number of nitro benzene ring substituents is 1. The van der Waals surface area contributed by atoms with Gasteiger partial charge in [0.2, 0.25) is 11.5 Å². The van der Waals surface area contributed by atoms with E-state index in [0.717, 1.165) is 0 Å². The van der Waals surface area contributed by atoms with Crippen molar-refractivity contribution in [3.8, 4) is 17.2 Å². The highest BCUT2D eigenvalue weighted by atomic mass is 35.5. The lowest BCUT2D eigenvalue weighted by atomic mass is 10.1. The van der Waals surface area contributed by atoms with Gasteiger partial charge in [0.05, 0.1) is 37.7 Å². The number of nitrogens with zero attached hydrogens (tertiary/aromatic N) is 1. The first-order valence-corrected chi connectivity index (χ1v) is 5.16. The molecule has 0 unspecified atom stereocenters. The van der Waals surface area contributed by atoms with Crippen molar-refractivity contribution >= 4 is 17.3 Å². The average molecular weight is 262 g/mol. The van der Waals surface area contributed by atoms with Crippen LogP contribution >= 0.6 is 11.6 Å². The highest BCUT2D eigenvalue weighted by Gasteiger charge is 2.28. The lowest BCUT2D eigenvalue weighted by Gasteiger charge is -2.13. The minimum atomic E-state index is -0.557. The number of benzene rings is 1. The summed E-state index contributed by atoms with van der Waals surface area (Å²) in [6.07, 6.45) is 0. The third kappa shape index (κ3) is 2.36. The van der Waals surface area contributed by atoms with Crippen LogP contribution in [-0.2, 0) is 5.88 Å². The van der Waals surface area contributed by atoms with E-state index in [2.05, 4.69) is 0 Å². The number of hydrogen-bond acceptors (Lipinski definition) is 5. The van der Waals surface area contributed by atoms with E-state index in [1.54, 1.807) is 0 Å². The van der Waals surface area contributed by atoms with Gasteiger partial charge in [0, 0.05) is 0 Å². The maximum Gasteiger partial charge on any atom is 0.319 e. The lowest BCUT2D eigenvalue weighted by Crippen LogP contribution is -2.02. The van der Waals surface area contributed by atoms with Gasteiger partial charge in [0.1, 0.15) is 0 Å². The molecule has 1 aromatic carbocycles. The summed E-state index contributed by atoms with van der Waals surface area (Å²) in [5, 5.41) is 11.0. The molecular weight excluding hydrogens is 250 g/mol. The summed E-state index contributed by atoms with van der Waals surface area (Å²) in [5.74, 6) is 0.501. The molecule has 0 saturated heterocycles. The van der Waals surface area contributed by atoms with Gasteiger partial charge in [0.25, 0.3) is 0 Å². The summed E-state index contributed by atoms with van der Waals surface area (Å²) in [7, 11) is 4.13. The predicted molar refractivity (Wildman–Crippen MR) is 62.3 cm³/mol. The smallest absolute Gasteiger partial charge is 0.319 e. The zero-order valence-corrected chi connectivity index (χ0v) is 10.4. The zero-order valence-electron chi connectivity index (χ0n) is 9.65. The fraction of sp³-hybridized carbons (Fsp3) is 0.400. The van der Waals surface area contributed by atoms with E-state index in [1.807, 2.05) is 0 Å². The number of halogens is 1. The summed E-state index contributed by atoms with van der Waals surface area (Å²) in [4.78, 5) is 10.4. The molecule has 0 aliphatic carbocycles. The molecule has 0 aliphatic heterocycles. The molecular formula is C10H12ClNO5. The average Bonchev–Trinajstić information content (AvgIpc) is 2.35. The van der Waals surface area contributed by atoms with Crippen LogP contribution in [0.15, 0.2) is 6.07 Å². The van der Waals surface area contributed by atoms with Crippen molar-refractivity contribution in [2.75, 3.05) is 21.3 Å². The molecule has 0 N–H and O–H groups in total. The Kier molecular flexibility index (Phi) is 4.39. The van der Waals surface area contributed by atoms with Crippen molar-refractivity contribution < 1.29 is 19.1 Å². The number of nitro groups is 1. The molecule has 0 radical (unpaired) electrons. The van der Waals surface area contributed by atoms with Crippen molar-refractivity contribution in [2.45, 2.75) is 5.88 Å². The third-order valence-corrected chi connectivity index (χ3v) is 2.50. The number of rotatable bonds is 5. The molecule has 0 atom stereocenters. The summed E-state index contributed by atoms with van der Waals surface area (Å²) in [6.45, 7) is 0. The van der Waals surface area contributed by atoms with Gasteiger partial charge < -0.3 is 14.2 Å². The van der Waals surface area contributed by atoms with E-state index >= 15 is 0 Å². The Hall–Kier alpha value is -1.69. The SMILES string of the molecule is COc1cc(CCl)c([N+](=O)[O-])c(OC)c1OC. The summed E-state index contributed by atoms with van der Waals surface area (Å²) in [5.41, 5.74) is 0.103. The van der Waals surface area contributed by atoms with Crippen molar-refractivity contribution in [3.05, 3.63) is 21.7 Å². The molecule has 0 saturated carbocycles. The topological polar surface area (TPSA) is 70.8 Å². The molecule has 0 bridgehead atoms. The molecule has 17 heavy (non-hydrogen) atoms. The van der Waals surface area contributed by atoms with Crippen molar-refractivity contribution in [2.24, 2.45) is 0 Å². The van der Waals surface area contributed by atoms with E-state index in [4.69, 9.17) is 25.8 Å². The lowest BCUT2D eigenvalue weighted by molar-refractivity contribution is -0.386. The number of methoxy groups -OCH3 is 3. The van der Waals surface area contributed by atoms with E-state index in [0.29, 0.717) is 11.3 Å². The number of hydrogen-bond donors (Lipinski definition) is 0.